The number of rotatable bonds is 15. The molecule has 13 nitrogen and oxygen atoms in total. The van der Waals surface area contributed by atoms with Crippen LogP contribution in [0.3, 0.4) is 0 Å². The first-order chi connectivity index (χ1) is 15.9. The fourth-order valence-corrected chi connectivity index (χ4v) is 3.18. The standard InChI is InChI=1S/C20H31N5O8S/c1-20(2,3)23-17(27)11-25(13-19(30)31)9-8-24(12-18(28)29)10-16(26)22-14-4-6-15(7-5-14)34-33-32-21/h4-7H,8-13,21H2,1-3H3,(H,22,26)(H,23,27)(H,28,29)(H,30,31). The zero-order chi connectivity index (χ0) is 25.7. The highest BCUT2D eigenvalue weighted by Crippen LogP contribution is 2.20. The van der Waals surface area contributed by atoms with Gasteiger partial charge in [0.1, 0.15) is 0 Å². The van der Waals surface area contributed by atoms with Gasteiger partial charge in [-0.25, -0.2) is 0 Å². The highest BCUT2D eigenvalue weighted by molar-refractivity contribution is 7.94. The fourth-order valence-electron chi connectivity index (χ4n) is 2.81. The minimum Gasteiger partial charge on any atom is -0.480 e. The van der Waals surface area contributed by atoms with Crippen molar-refractivity contribution in [3.63, 3.8) is 0 Å². The largest absolute Gasteiger partial charge is 0.480 e. The van der Waals surface area contributed by atoms with E-state index in [1.54, 1.807) is 45.0 Å². The van der Waals surface area contributed by atoms with E-state index in [0.717, 1.165) is 12.0 Å². The van der Waals surface area contributed by atoms with Crippen LogP contribution in [0, 0.1) is 0 Å². The van der Waals surface area contributed by atoms with Crippen molar-refractivity contribution in [3.8, 4) is 0 Å². The van der Waals surface area contributed by atoms with Crippen LogP contribution < -0.4 is 16.5 Å². The number of aliphatic carboxylic acids is 2. The third-order valence-electron chi connectivity index (χ3n) is 4.01. The number of hydrogen-bond donors (Lipinski definition) is 5. The Kier molecular flexibility index (Phi) is 12.5. The molecule has 6 N–H and O–H groups in total. The van der Waals surface area contributed by atoms with Gasteiger partial charge in [0.2, 0.25) is 11.8 Å². The second kappa shape index (κ2) is 14.5. The average molecular weight is 502 g/mol. The third kappa shape index (κ3) is 13.7. The lowest BCUT2D eigenvalue weighted by Gasteiger charge is -2.27. The van der Waals surface area contributed by atoms with Crippen LogP contribution in [0.2, 0.25) is 0 Å². The van der Waals surface area contributed by atoms with Gasteiger partial charge < -0.3 is 20.8 Å². The molecule has 0 bridgehead atoms. The zero-order valence-corrected chi connectivity index (χ0v) is 20.1. The molecule has 1 aromatic rings. The van der Waals surface area contributed by atoms with Crippen LogP contribution >= 0.6 is 12.0 Å². The van der Waals surface area contributed by atoms with Crippen molar-refractivity contribution in [2.75, 3.05) is 44.6 Å². The van der Waals surface area contributed by atoms with Crippen molar-refractivity contribution in [1.82, 2.24) is 15.1 Å². The second-order valence-electron chi connectivity index (χ2n) is 8.33. The van der Waals surface area contributed by atoms with Gasteiger partial charge in [0, 0.05) is 29.2 Å². The molecule has 0 spiro atoms. The van der Waals surface area contributed by atoms with E-state index in [-0.39, 0.29) is 32.1 Å². The number of nitrogens with zero attached hydrogens (tertiary/aromatic N) is 2. The molecule has 0 atom stereocenters. The zero-order valence-electron chi connectivity index (χ0n) is 19.3. The minimum absolute atomic E-state index is 0.0573. The Bertz CT molecular complexity index is 831. The van der Waals surface area contributed by atoms with E-state index in [9.17, 15) is 24.3 Å². The van der Waals surface area contributed by atoms with Gasteiger partial charge in [-0.3, -0.25) is 29.0 Å². The number of nitrogens with two attached hydrogens (primary N) is 1. The molecular weight excluding hydrogens is 470 g/mol. The summed E-state index contributed by atoms with van der Waals surface area (Å²) in [6, 6.07) is 6.54. The minimum atomic E-state index is -1.15. The van der Waals surface area contributed by atoms with Crippen molar-refractivity contribution in [1.29, 1.82) is 0 Å². The van der Waals surface area contributed by atoms with E-state index in [4.69, 9.17) is 11.0 Å². The first-order valence-electron chi connectivity index (χ1n) is 10.2. The highest BCUT2D eigenvalue weighted by atomic mass is 32.2. The molecule has 0 aliphatic rings. The summed E-state index contributed by atoms with van der Waals surface area (Å²) in [5.74, 6) is 1.67. The predicted octanol–water partition coefficient (Wildman–Crippen LogP) is 0.142. The summed E-state index contributed by atoms with van der Waals surface area (Å²) in [6.07, 6.45) is 0. The van der Waals surface area contributed by atoms with Crippen molar-refractivity contribution >= 4 is 41.5 Å². The first-order valence-corrected chi connectivity index (χ1v) is 10.9. The maximum absolute atomic E-state index is 12.4. The number of carbonyl (C=O) groups is 4. The van der Waals surface area contributed by atoms with E-state index in [1.807, 2.05) is 0 Å². The van der Waals surface area contributed by atoms with Crippen LogP contribution in [0.25, 0.3) is 0 Å². The Morgan fingerprint density at radius 3 is 1.85 bits per heavy atom. The molecule has 0 aromatic heterocycles. The molecule has 0 heterocycles. The lowest BCUT2D eigenvalue weighted by atomic mass is 10.1. The Labute approximate surface area is 201 Å². The highest BCUT2D eigenvalue weighted by Gasteiger charge is 2.21. The van der Waals surface area contributed by atoms with E-state index in [1.165, 1.54) is 9.80 Å². The van der Waals surface area contributed by atoms with Crippen LogP contribution in [0.5, 0.6) is 0 Å². The molecule has 2 amide bonds. The summed E-state index contributed by atoms with van der Waals surface area (Å²) in [5.41, 5.74) is -0.00808. The quantitative estimate of drug-likeness (QED) is 0.125. The molecule has 0 fully saturated rings. The van der Waals surface area contributed by atoms with Gasteiger partial charge in [-0.2, -0.15) is 5.90 Å². The molecule has 1 aromatic carbocycles. The summed E-state index contributed by atoms with van der Waals surface area (Å²) in [5, 5.41) is 23.7. The number of hydrogen-bond acceptors (Lipinski definition) is 10. The lowest BCUT2D eigenvalue weighted by Crippen LogP contribution is -2.49. The van der Waals surface area contributed by atoms with Gasteiger partial charge in [0.25, 0.3) is 0 Å². The maximum atomic E-state index is 12.4. The summed E-state index contributed by atoms with van der Waals surface area (Å²) >= 11 is 0.877. The van der Waals surface area contributed by atoms with Crippen LogP contribution in [-0.2, 0) is 28.5 Å². The summed E-state index contributed by atoms with van der Waals surface area (Å²) in [7, 11) is 0. The summed E-state index contributed by atoms with van der Waals surface area (Å²) < 4.78 is 4.53. The van der Waals surface area contributed by atoms with Crippen LogP contribution in [0.15, 0.2) is 29.2 Å². The van der Waals surface area contributed by atoms with E-state index in [2.05, 4.69) is 20.0 Å². The van der Waals surface area contributed by atoms with Gasteiger partial charge in [0.05, 0.1) is 38.2 Å². The van der Waals surface area contributed by atoms with E-state index >= 15 is 0 Å². The number of carboxylic acid groups (broad SMARTS) is 2. The Morgan fingerprint density at radius 2 is 1.41 bits per heavy atom. The number of anilines is 1. The monoisotopic (exact) mass is 501 g/mol. The Hall–Kier alpha value is -2.75. The number of amides is 2. The van der Waals surface area contributed by atoms with Gasteiger partial charge >= 0.3 is 11.9 Å². The molecule has 0 aliphatic heterocycles. The van der Waals surface area contributed by atoms with E-state index in [0.29, 0.717) is 10.6 Å². The fraction of sp³-hybridized carbons (Fsp3) is 0.500. The number of carbonyl (C=O) groups excluding carboxylic acids is 2. The topological polar surface area (TPSA) is 184 Å². The summed E-state index contributed by atoms with van der Waals surface area (Å²) in [4.78, 5) is 54.5. The number of nitrogens with one attached hydrogen (secondary N) is 2. The van der Waals surface area contributed by atoms with Gasteiger partial charge in [-0.05, 0) is 45.0 Å². The normalized spacial score (nSPS) is 11.5. The molecule has 34 heavy (non-hydrogen) atoms. The molecule has 0 saturated heterocycles. The van der Waals surface area contributed by atoms with Gasteiger partial charge in [-0.15, -0.1) is 9.32 Å². The van der Waals surface area contributed by atoms with Crippen molar-refractivity contribution in [2.24, 2.45) is 5.90 Å². The molecule has 0 radical (unpaired) electrons. The third-order valence-corrected chi connectivity index (χ3v) is 4.62. The van der Waals surface area contributed by atoms with Gasteiger partial charge in [0.15, 0.2) is 0 Å². The second-order valence-corrected chi connectivity index (χ2v) is 9.10. The Balaban J connectivity index is 2.71. The van der Waals surface area contributed by atoms with Crippen molar-refractivity contribution in [2.45, 2.75) is 31.2 Å². The molecule has 1 rings (SSSR count). The molecule has 190 valence electrons. The predicted molar refractivity (Wildman–Crippen MR) is 123 cm³/mol. The van der Waals surface area contributed by atoms with E-state index < -0.39 is 36.5 Å². The van der Waals surface area contributed by atoms with Crippen molar-refractivity contribution in [3.05, 3.63) is 24.3 Å². The number of benzene rings is 1. The SMILES string of the molecule is CC(C)(C)NC(=O)CN(CCN(CC(=O)O)CC(=O)Nc1ccc(SOON)cc1)CC(=O)O. The van der Waals surface area contributed by atoms with Crippen molar-refractivity contribution < 1.29 is 38.7 Å². The average Bonchev–Trinajstić information content (AvgIpc) is 2.69. The first kappa shape index (κ1) is 29.3. The lowest BCUT2D eigenvalue weighted by molar-refractivity contribution is -0.195. The summed E-state index contributed by atoms with van der Waals surface area (Å²) in [6.45, 7) is 4.25. The molecule has 0 saturated carbocycles. The molecular formula is C20H31N5O8S. The molecule has 0 unspecified atom stereocenters. The van der Waals surface area contributed by atoms with Gasteiger partial charge in [-0.1, -0.05) is 0 Å². The maximum Gasteiger partial charge on any atom is 0.317 e. The molecule has 0 aliphatic carbocycles. The van der Waals surface area contributed by atoms with Crippen LogP contribution in [0.1, 0.15) is 20.8 Å². The van der Waals surface area contributed by atoms with Crippen LogP contribution in [0.4, 0.5) is 5.69 Å². The molecule has 14 heteroatoms. The Morgan fingerprint density at radius 1 is 0.912 bits per heavy atom. The van der Waals surface area contributed by atoms with Crippen LogP contribution in [-0.4, -0.2) is 88.6 Å². The smallest absolute Gasteiger partial charge is 0.317 e. The number of carboxylic acids is 2.